The van der Waals surface area contributed by atoms with Gasteiger partial charge < -0.3 is 9.47 Å². The largest absolute Gasteiger partial charge is 0.469 e. The highest BCUT2D eigenvalue weighted by molar-refractivity contribution is 5.30. The van der Waals surface area contributed by atoms with E-state index in [1.54, 1.807) is 0 Å². The minimum atomic E-state index is -6.87. The number of hydrogen-bond donors (Lipinski definition) is 0. The molecule has 1 aliphatic rings. The van der Waals surface area contributed by atoms with Crippen LogP contribution in [0.25, 0.3) is 0 Å². The number of alkyl halides is 17. The highest BCUT2D eigenvalue weighted by Gasteiger charge is 2.81. The van der Waals surface area contributed by atoms with Crippen molar-refractivity contribution in [1.29, 1.82) is 0 Å². The van der Waals surface area contributed by atoms with Gasteiger partial charge in [-0.25, -0.2) is 0 Å². The summed E-state index contributed by atoms with van der Waals surface area (Å²) < 4.78 is 221. The number of hydrogen-bond acceptors (Lipinski definition) is 2. The molecule has 0 heterocycles. The Bertz CT molecular complexity index is 637. The molecule has 0 aromatic heterocycles. The van der Waals surface area contributed by atoms with Crippen molar-refractivity contribution in [2.75, 3.05) is 0 Å². The van der Waals surface area contributed by atoms with E-state index >= 15 is 0 Å². The fourth-order valence-electron chi connectivity index (χ4n) is 1.89. The molecule has 0 amide bonds. The van der Waals surface area contributed by atoms with Crippen LogP contribution in [0.1, 0.15) is 0 Å². The van der Waals surface area contributed by atoms with Crippen LogP contribution in [0.2, 0.25) is 0 Å². The Morgan fingerprint density at radius 1 is 0.600 bits per heavy atom. The summed E-state index contributed by atoms with van der Waals surface area (Å²) in [6.07, 6.45) is -40.1. The quantitative estimate of drug-likeness (QED) is 0.462. The zero-order valence-electron chi connectivity index (χ0n) is 13.0. The van der Waals surface area contributed by atoms with Crippen molar-refractivity contribution in [2.45, 2.75) is 54.6 Å². The highest BCUT2D eigenvalue weighted by Crippen LogP contribution is 2.58. The number of ether oxygens (including phenoxy) is 2. The lowest BCUT2D eigenvalue weighted by Crippen LogP contribution is -2.59. The molecule has 0 fully saturated rings. The van der Waals surface area contributed by atoms with Crippen LogP contribution < -0.4 is 0 Å². The summed E-state index contributed by atoms with van der Waals surface area (Å²) >= 11 is 0. The van der Waals surface area contributed by atoms with Crippen molar-refractivity contribution in [3.05, 3.63) is 11.8 Å². The van der Waals surface area contributed by atoms with E-state index in [2.05, 4.69) is 9.47 Å². The zero-order chi connectivity index (χ0) is 24.4. The van der Waals surface area contributed by atoms with Gasteiger partial charge in [-0.3, -0.25) is 0 Å². The van der Waals surface area contributed by atoms with Crippen LogP contribution in [-0.4, -0.2) is 54.6 Å². The molecule has 0 spiro atoms. The lowest BCUT2D eigenvalue weighted by Gasteiger charge is -2.36. The number of rotatable bonds is 4. The van der Waals surface area contributed by atoms with Crippen molar-refractivity contribution in [3.63, 3.8) is 0 Å². The van der Waals surface area contributed by atoms with Gasteiger partial charge in [0.1, 0.15) is 0 Å². The van der Waals surface area contributed by atoms with E-state index in [0.29, 0.717) is 0 Å². The number of allylic oxidation sites excluding steroid dienone is 1. The summed E-state index contributed by atoms with van der Waals surface area (Å²) in [5.41, 5.74) is 0. The maximum absolute atomic E-state index is 14.3. The van der Waals surface area contributed by atoms with Gasteiger partial charge in [-0.15, -0.1) is 0 Å². The second-order valence-electron chi connectivity index (χ2n) is 5.46. The molecule has 0 saturated carbocycles. The molecule has 1 rings (SSSR count). The van der Waals surface area contributed by atoms with Crippen LogP contribution in [-0.2, 0) is 9.47 Å². The summed E-state index contributed by atoms with van der Waals surface area (Å²) in [4.78, 5) is 0. The molecule has 1 aliphatic carbocycles. The van der Waals surface area contributed by atoms with Crippen LogP contribution in [0.15, 0.2) is 11.8 Å². The van der Waals surface area contributed by atoms with Gasteiger partial charge in [0.25, 0.3) is 12.2 Å². The maximum Gasteiger partial charge on any atom is 0.434 e. The van der Waals surface area contributed by atoms with Gasteiger partial charge >= 0.3 is 42.4 Å². The van der Waals surface area contributed by atoms with Crippen LogP contribution in [0, 0.1) is 0 Å². The monoisotopic (exact) mass is 490 g/mol. The molecule has 1 unspecified atom stereocenters. The molecule has 0 saturated heterocycles. The molecular formula is C11H3F17O2. The number of halogens is 17. The SMILES string of the molecule is FC(F)(F)C(OC1=CC(F)(F)C(F)(F)C1(F)OC(C(F)(F)F)C(F)(F)F)C(F)(F)F. The molecule has 0 radical (unpaired) electrons. The summed E-state index contributed by atoms with van der Waals surface area (Å²) in [6.45, 7) is 0. The van der Waals surface area contributed by atoms with Crippen LogP contribution in [0.3, 0.4) is 0 Å². The summed E-state index contributed by atoms with van der Waals surface area (Å²) in [5.74, 6) is -23.2. The van der Waals surface area contributed by atoms with Crippen LogP contribution in [0.5, 0.6) is 0 Å². The summed E-state index contributed by atoms with van der Waals surface area (Å²) in [5, 5.41) is 0. The molecular weight excluding hydrogens is 487 g/mol. The maximum atomic E-state index is 14.3. The molecule has 0 aliphatic heterocycles. The molecule has 178 valence electrons. The van der Waals surface area contributed by atoms with Gasteiger partial charge in [-0.2, -0.15) is 74.6 Å². The van der Waals surface area contributed by atoms with Gasteiger partial charge in [0.2, 0.25) is 0 Å². The molecule has 1 atom stereocenters. The normalized spacial score (nSPS) is 25.1. The Balaban J connectivity index is 3.60. The van der Waals surface area contributed by atoms with E-state index in [4.69, 9.17) is 0 Å². The van der Waals surface area contributed by atoms with E-state index < -0.39 is 66.4 Å². The minimum Gasteiger partial charge on any atom is -0.469 e. The Labute approximate surface area is 152 Å². The van der Waals surface area contributed by atoms with Crippen molar-refractivity contribution >= 4 is 0 Å². The minimum absolute atomic E-state index is 1.85. The van der Waals surface area contributed by atoms with Crippen molar-refractivity contribution in [3.8, 4) is 0 Å². The van der Waals surface area contributed by atoms with E-state index in [1.165, 1.54) is 0 Å². The van der Waals surface area contributed by atoms with Gasteiger partial charge in [0.15, 0.2) is 5.76 Å². The third kappa shape index (κ3) is 4.63. The molecule has 19 heteroatoms. The molecule has 0 N–H and O–H groups in total. The smallest absolute Gasteiger partial charge is 0.434 e. The molecule has 0 aromatic rings. The van der Waals surface area contributed by atoms with Gasteiger partial charge in [0, 0.05) is 6.08 Å². The second-order valence-corrected chi connectivity index (χ2v) is 5.46. The molecule has 30 heavy (non-hydrogen) atoms. The lowest BCUT2D eigenvalue weighted by atomic mass is 10.1. The second kappa shape index (κ2) is 6.91. The first-order valence-corrected chi connectivity index (χ1v) is 6.57. The van der Waals surface area contributed by atoms with Gasteiger partial charge in [-0.05, 0) is 0 Å². The van der Waals surface area contributed by atoms with Gasteiger partial charge in [-0.1, -0.05) is 0 Å². The topological polar surface area (TPSA) is 18.5 Å². The van der Waals surface area contributed by atoms with E-state index in [1.807, 2.05) is 0 Å². The zero-order valence-corrected chi connectivity index (χ0v) is 13.0. The average Bonchev–Trinajstić information content (AvgIpc) is 2.55. The van der Waals surface area contributed by atoms with Gasteiger partial charge in [0.05, 0.1) is 0 Å². The van der Waals surface area contributed by atoms with E-state index in [-0.39, 0.29) is 0 Å². The molecule has 0 aromatic carbocycles. The Morgan fingerprint density at radius 2 is 0.933 bits per heavy atom. The van der Waals surface area contributed by atoms with Crippen molar-refractivity contribution in [1.82, 2.24) is 0 Å². The average molecular weight is 490 g/mol. The third-order valence-corrected chi connectivity index (χ3v) is 3.17. The fourth-order valence-corrected chi connectivity index (χ4v) is 1.89. The summed E-state index contributed by atoms with van der Waals surface area (Å²) in [7, 11) is 0. The van der Waals surface area contributed by atoms with Crippen molar-refractivity contribution in [2.24, 2.45) is 0 Å². The first kappa shape index (κ1) is 26.3. The van der Waals surface area contributed by atoms with E-state index in [9.17, 15) is 74.6 Å². The Morgan fingerprint density at radius 3 is 1.23 bits per heavy atom. The third-order valence-electron chi connectivity index (χ3n) is 3.17. The van der Waals surface area contributed by atoms with Crippen LogP contribution in [0.4, 0.5) is 74.6 Å². The summed E-state index contributed by atoms with van der Waals surface area (Å²) in [6, 6.07) is 0. The predicted octanol–water partition coefficient (Wildman–Crippen LogP) is 5.84. The first-order chi connectivity index (χ1) is 12.8. The highest BCUT2D eigenvalue weighted by atomic mass is 19.4. The first-order valence-electron chi connectivity index (χ1n) is 6.57. The lowest BCUT2D eigenvalue weighted by molar-refractivity contribution is -0.403. The fraction of sp³-hybridized carbons (Fsp3) is 0.818. The predicted molar refractivity (Wildman–Crippen MR) is 55.8 cm³/mol. The molecule has 2 nitrogen and oxygen atoms in total. The van der Waals surface area contributed by atoms with Crippen LogP contribution >= 0.6 is 0 Å². The van der Waals surface area contributed by atoms with E-state index in [0.717, 1.165) is 0 Å². The standard InChI is InChI=1S/C11H3F17O2/c12-5(13)1-2(29-3(7(15,16)17)8(18,19)20)6(14,11(5,27)28)30-4(9(21,22)23)10(24,25)26/h1,3-4H. The molecule has 0 bridgehead atoms. The van der Waals surface area contributed by atoms with Crippen molar-refractivity contribution < 1.29 is 84.1 Å². The Kier molecular flexibility index (Phi) is 6.07. The Hall–Kier alpha value is -1.69.